The van der Waals surface area contributed by atoms with Crippen LogP contribution in [0.2, 0.25) is 0 Å². The van der Waals surface area contributed by atoms with Gasteiger partial charge in [0.1, 0.15) is 6.61 Å². The molecule has 1 rings (SSSR count). The molecule has 0 aliphatic heterocycles. The van der Waals surface area contributed by atoms with Crippen molar-refractivity contribution in [3.63, 3.8) is 0 Å². The molecule has 0 amide bonds. The number of benzene rings is 1. The Morgan fingerprint density at radius 3 is 2.42 bits per heavy atom. The largest absolute Gasteiger partial charge is 0.468 e. The molecule has 0 saturated carbocycles. The summed E-state index contributed by atoms with van der Waals surface area (Å²) in [7, 11) is 0. The van der Waals surface area contributed by atoms with E-state index in [0.717, 1.165) is 5.69 Å². The quantitative estimate of drug-likeness (QED) is 0.656. The van der Waals surface area contributed by atoms with Crippen molar-refractivity contribution in [3.05, 3.63) is 30.3 Å². The monoisotopic (exact) mass is 281 g/mol. The summed E-state index contributed by atoms with van der Waals surface area (Å²) in [5.41, 5.74) is 1.07. The van der Waals surface area contributed by atoms with E-state index >= 15 is 0 Å². The smallest absolute Gasteiger partial charge is 0.261 e. The van der Waals surface area contributed by atoms with Gasteiger partial charge in [-0.1, -0.05) is 39.0 Å². The van der Waals surface area contributed by atoms with Crippen molar-refractivity contribution >= 4 is 23.1 Å². The average molecular weight is 281 g/mol. The number of rotatable bonds is 5. The molecule has 1 unspecified atom stereocenters. The molecule has 19 heavy (non-hydrogen) atoms. The van der Waals surface area contributed by atoms with Gasteiger partial charge in [0.25, 0.3) is 5.17 Å². The number of para-hydroxylation sites is 1. The van der Waals surface area contributed by atoms with Gasteiger partial charge >= 0.3 is 0 Å². The first-order chi connectivity index (χ1) is 8.89. The van der Waals surface area contributed by atoms with Crippen LogP contribution in [0.15, 0.2) is 30.3 Å². The van der Waals surface area contributed by atoms with E-state index in [4.69, 9.17) is 21.7 Å². The van der Waals surface area contributed by atoms with Crippen molar-refractivity contribution in [2.45, 2.75) is 33.8 Å². The fraction of sp³-hybridized carbons (Fsp3) is 0.533. The van der Waals surface area contributed by atoms with Gasteiger partial charge in [0.2, 0.25) is 0 Å². The van der Waals surface area contributed by atoms with Gasteiger partial charge in [-0.05, 0) is 36.7 Å². The number of hydrogen-bond acceptors (Lipinski definition) is 3. The highest BCUT2D eigenvalue weighted by Crippen LogP contribution is 2.21. The van der Waals surface area contributed by atoms with Gasteiger partial charge in [-0.25, -0.2) is 0 Å². The lowest BCUT2D eigenvalue weighted by Crippen LogP contribution is -2.28. The second-order valence-corrected chi connectivity index (χ2v) is 5.88. The van der Waals surface area contributed by atoms with Gasteiger partial charge < -0.3 is 14.8 Å². The minimum absolute atomic E-state index is 0.142. The van der Waals surface area contributed by atoms with Gasteiger partial charge in [-0.2, -0.15) is 0 Å². The van der Waals surface area contributed by atoms with Crippen molar-refractivity contribution in [1.29, 1.82) is 0 Å². The molecule has 1 aromatic rings. The third-order valence-electron chi connectivity index (χ3n) is 2.92. The van der Waals surface area contributed by atoms with Crippen molar-refractivity contribution in [3.8, 4) is 0 Å². The molecule has 106 valence electrons. The van der Waals surface area contributed by atoms with E-state index in [-0.39, 0.29) is 11.5 Å². The molecule has 4 heteroatoms. The first kappa shape index (κ1) is 15.9. The molecule has 0 radical (unpaired) electrons. The Labute approximate surface area is 121 Å². The highest BCUT2D eigenvalue weighted by atomic mass is 32.1. The van der Waals surface area contributed by atoms with Gasteiger partial charge in [0, 0.05) is 5.69 Å². The number of ether oxygens (including phenoxy) is 2. The minimum Gasteiger partial charge on any atom is -0.468 e. The summed E-state index contributed by atoms with van der Waals surface area (Å²) < 4.78 is 11.1. The summed E-state index contributed by atoms with van der Waals surface area (Å²) in [5.74, 6) is 0. The predicted octanol–water partition coefficient (Wildman–Crippen LogP) is 3.85. The van der Waals surface area contributed by atoms with E-state index in [1.165, 1.54) is 0 Å². The summed E-state index contributed by atoms with van der Waals surface area (Å²) in [4.78, 5) is 0. The molecule has 0 aromatic heterocycles. The number of nitrogens with one attached hydrogen (secondary N) is 1. The van der Waals surface area contributed by atoms with E-state index in [9.17, 15) is 0 Å². The summed E-state index contributed by atoms with van der Waals surface area (Å²) in [6, 6.07) is 9.72. The maximum absolute atomic E-state index is 5.69. The SMILES string of the molecule is CC(OCCOC(=S)Nc1ccccc1)C(C)(C)C. The number of anilines is 1. The molecule has 1 aromatic carbocycles. The average Bonchev–Trinajstić information content (AvgIpc) is 2.34. The van der Waals surface area contributed by atoms with Gasteiger partial charge in [0.05, 0.1) is 12.7 Å². The molecule has 3 nitrogen and oxygen atoms in total. The maximum Gasteiger partial charge on any atom is 0.261 e. The molecule has 0 heterocycles. The normalized spacial score (nSPS) is 12.8. The zero-order valence-electron chi connectivity index (χ0n) is 12.1. The van der Waals surface area contributed by atoms with Crippen LogP contribution in [-0.4, -0.2) is 24.5 Å². The Balaban J connectivity index is 2.18. The van der Waals surface area contributed by atoms with E-state index in [2.05, 4.69) is 33.0 Å². The van der Waals surface area contributed by atoms with Crippen molar-refractivity contribution in [2.24, 2.45) is 5.41 Å². The highest BCUT2D eigenvalue weighted by Gasteiger charge is 2.20. The molecule has 1 atom stereocenters. The second-order valence-electron chi connectivity index (χ2n) is 5.51. The molecule has 0 spiro atoms. The van der Waals surface area contributed by atoms with Crippen LogP contribution in [0.3, 0.4) is 0 Å². The van der Waals surface area contributed by atoms with Crippen LogP contribution >= 0.6 is 12.2 Å². The fourth-order valence-corrected chi connectivity index (χ4v) is 1.49. The number of thiocarbonyl (C=S) groups is 1. The Morgan fingerprint density at radius 1 is 1.21 bits per heavy atom. The molecule has 0 aliphatic carbocycles. The van der Waals surface area contributed by atoms with E-state index in [1.807, 2.05) is 30.3 Å². The highest BCUT2D eigenvalue weighted by molar-refractivity contribution is 7.80. The van der Waals surface area contributed by atoms with Gasteiger partial charge in [-0.15, -0.1) is 0 Å². The zero-order chi connectivity index (χ0) is 14.3. The predicted molar refractivity (Wildman–Crippen MR) is 83.5 cm³/mol. The van der Waals surface area contributed by atoms with Crippen LogP contribution in [0.5, 0.6) is 0 Å². The lowest BCUT2D eigenvalue weighted by molar-refractivity contribution is -0.0175. The fourth-order valence-electron chi connectivity index (χ4n) is 1.28. The van der Waals surface area contributed by atoms with E-state index in [0.29, 0.717) is 18.4 Å². The molecule has 1 N–H and O–H groups in total. The second kappa shape index (κ2) is 7.46. The van der Waals surface area contributed by atoms with Gasteiger partial charge in [0.15, 0.2) is 0 Å². The molecule has 0 aliphatic rings. The third-order valence-corrected chi connectivity index (χ3v) is 3.14. The first-order valence-corrected chi connectivity index (χ1v) is 6.91. The summed E-state index contributed by atoms with van der Waals surface area (Å²) in [5, 5.41) is 3.39. The topological polar surface area (TPSA) is 30.5 Å². The summed E-state index contributed by atoms with van der Waals surface area (Å²) >= 11 is 5.10. The lowest BCUT2D eigenvalue weighted by atomic mass is 9.90. The molecule has 0 saturated heterocycles. The van der Waals surface area contributed by atoms with Crippen molar-refractivity contribution in [1.82, 2.24) is 0 Å². The van der Waals surface area contributed by atoms with Crippen LogP contribution in [0.4, 0.5) is 5.69 Å². The van der Waals surface area contributed by atoms with Crippen molar-refractivity contribution < 1.29 is 9.47 Å². The van der Waals surface area contributed by atoms with Gasteiger partial charge in [-0.3, -0.25) is 0 Å². The zero-order valence-corrected chi connectivity index (χ0v) is 12.9. The van der Waals surface area contributed by atoms with Crippen LogP contribution in [0.1, 0.15) is 27.7 Å². The van der Waals surface area contributed by atoms with Crippen LogP contribution < -0.4 is 5.32 Å². The summed E-state index contributed by atoms with van der Waals surface area (Å²) in [6.45, 7) is 9.52. The number of hydrogen-bond donors (Lipinski definition) is 1. The standard InChI is InChI=1S/C15H23NO2S/c1-12(15(2,3)4)17-10-11-18-14(19)16-13-8-6-5-7-9-13/h5-9,12H,10-11H2,1-4H3,(H,16,19). The molecular formula is C15H23NO2S. The first-order valence-electron chi connectivity index (χ1n) is 6.50. The molecule has 0 bridgehead atoms. The molecular weight excluding hydrogens is 258 g/mol. The van der Waals surface area contributed by atoms with Crippen molar-refractivity contribution in [2.75, 3.05) is 18.5 Å². The third kappa shape index (κ3) is 6.55. The Bertz CT molecular complexity index is 387. The Hall–Kier alpha value is -1.13. The van der Waals surface area contributed by atoms with Crippen LogP contribution in [-0.2, 0) is 9.47 Å². The van der Waals surface area contributed by atoms with Crippen LogP contribution in [0, 0.1) is 5.41 Å². The van der Waals surface area contributed by atoms with E-state index in [1.54, 1.807) is 0 Å². The van der Waals surface area contributed by atoms with Crippen LogP contribution in [0.25, 0.3) is 0 Å². The Kier molecular flexibility index (Phi) is 6.25. The minimum atomic E-state index is 0.142. The summed E-state index contributed by atoms with van der Waals surface area (Å²) in [6.07, 6.45) is 0.187. The maximum atomic E-state index is 5.69. The Morgan fingerprint density at radius 2 is 1.84 bits per heavy atom. The lowest BCUT2D eigenvalue weighted by Gasteiger charge is -2.27. The van der Waals surface area contributed by atoms with E-state index < -0.39 is 0 Å². The molecule has 0 fully saturated rings.